The summed E-state index contributed by atoms with van der Waals surface area (Å²) in [5, 5.41) is 0. The van der Waals surface area contributed by atoms with Gasteiger partial charge in [-0.1, -0.05) is 30.7 Å². The van der Waals surface area contributed by atoms with Gasteiger partial charge in [-0.15, -0.1) is 0 Å². The number of benzene rings is 1. The highest BCUT2D eigenvalue weighted by Gasteiger charge is 2.09. The van der Waals surface area contributed by atoms with Gasteiger partial charge in [-0.3, -0.25) is 4.79 Å². The van der Waals surface area contributed by atoms with E-state index in [2.05, 4.69) is 29.2 Å². The lowest BCUT2D eigenvalue weighted by Crippen LogP contribution is -2.31. The van der Waals surface area contributed by atoms with Gasteiger partial charge < -0.3 is 4.90 Å². The minimum absolute atomic E-state index is 0.232. The van der Waals surface area contributed by atoms with Gasteiger partial charge in [0.2, 0.25) is 0 Å². The smallest absolute Gasteiger partial charge is 0.134 e. The number of rotatable bonds is 5. The fourth-order valence-corrected chi connectivity index (χ4v) is 2.58. The molecule has 1 aliphatic heterocycles. The number of hydrogen-bond donors (Lipinski definition) is 0. The van der Waals surface area contributed by atoms with E-state index < -0.39 is 0 Å². The third-order valence-electron chi connectivity index (χ3n) is 3.64. The van der Waals surface area contributed by atoms with Crippen LogP contribution in [0.4, 0.5) is 0 Å². The van der Waals surface area contributed by atoms with E-state index in [0.717, 1.165) is 12.0 Å². The van der Waals surface area contributed by atoms with Crippen molar-refractivity contribution < 1.29 is 4.79 Å². The van der Waals surface area contributed by atoms with E-state index in [4.69, 9.17) is 0 Å². The predicted octanol–water partition coefficient (Wildman–Crippen LogP) is 2.85. The van der Waals surface area contributed by atoms with E-state index in [1.54, 1.807) is 6.92 Å². The summed E-state index contributed by atoms with van der Waals surface area (Å²) in [7, 11) is 0. The number of carbonyl (C=O) groups excluding carboxylic acids is 1. The molecule has 0 unspecified atom stereocenters. The number of piperidine rings is 1. The molecule has 2 rings (SSSR count). The molecule has 1 saturated heterocycles. The van der Waals surface area contributed by atoms with E-state index in [1.807, 2.05) is 0 Å². The zero-order chi connectivity index (χ0) is 12.8. The molecule has 2 nitrogen and oxygen atoms in total. The third kappa shape index (κ3) is 4.26. The number of hydrogen-bond acceptors (Lipinski definition) is 2. The Hall–Kier alpha value is -1.15. The zero-order valence-corrected chi connectivity index (χ0v) is 11.3. The number of likely N-dealkylation sites (tertiary alicyclic amines) is 1. The molecule has 1 aliphatic rings. The Morgan fingerprint density at radius 1 is 1.06 bits per heavy atom. The van der Waals surface area contributed by atoms with Crippen molar-refractivity contribution in [3.63, 3.8) is 0 Å². The molecule has 2 heteroatoms. The molecule has 0 atom stereocenters. The summed E-state index contributed by atoms with van der Waals surface area (Å²) in [6, 6.07) is 8.52. The molecule has 0 saturated carbocycles. The molecule has 1 fully saturated rings. The van der Waals surface area contributed by atoms with Crippen LogP contribution in [0.5, 0.6) is 0 Å². The first-order chi connectivity index (χ1) is 8.74. The quantitative estimate of drug-likeness (QED) is 0.795. The van der Waals surface area contributed by atoms with Crippen molar-refractivity contribution in [1.82, 2.24) is 4.90 Å². The van der Waals surface area contributed by atoms with Gasteiger partial charge in [0.05, 0.1) is 0 Å². The van der Waals surface area contributed by atoms with Crippen molar-refractivity contribution in [2.24, 2.45) is 0 Å². The highest BCUT2D eigenvalue weighted by atomic mass is 16.1. The average molecular weight is 245 g/mol. The van der Waals surface area contributed by atoms with Gasteiger partial charge in [0, 0.05) is 13.0 Å². The van der Waals surface area contributed by atoms with Crippen LogP contribution in [-0.4, -0.2) is 30.3 Å². The van der Waals surface area contributed by atoms with Crippen LogP contribution < -0.4 is 0 Å². The second-order valence-electron chi connectivity index (χ2n) is 5.35. The summed E-state index contributed by atoms with van der Waals surface area (Å²) < 4.78 is 0. The van der Waals surface area contributed by atoms with Crippen LogP contribution >= 0.6 is 0 Å². The van der Waals surface area contributed by atoms with Gasteiger partial charge in [-0.05, 0) is 50.4 Å². The summed E-state index contributed by atoms with van der Waals surface area (Å²) in [5.41, 5.74) is 2.51. The molecule has 98 valence electrons. The summed E-state index contributed by atoms with van der Waals surface area (Å²) >= 11 is 0. The largest absolute Gasteiger partial charge is 0.303 e. The fraction of sp³-hybridized carbons (Fsp3) is 0.562. The summed E-state index contributed by atoms with van der Waals surface area (Å²) in [6.45, 7) is 5.35. The normalized spacial score (nSPS) is 16.7. The molecule has 1 aromatic carbocycles. The van der Waals surface area contributed by atoms with Crippen LogP contribution in [0.1, 0.15) is 37.3 Å². The van der Waals surface area contributed by atoms with Gasteiger partial charge in [-0.2, -0.15) is 0 Å². The molecule has 1 aromatic rings. The fourth-order valence-electron chi connectivity index (χ4n) is 2.58. The number of ketones is 1. The molecule has 0 aromatic heterocycles. The van der Waals surface area contributed by atoms with Crippen molar-refractivity contribution in [3.8, 4) is 0 Å². The summed E-state index contributed by atoms with van der Waals surface area (Å²) in [4.78, 5) is 13.6. The maximum absolute atomic E-state index is 11.0. The minimum Gasteiger partial charge on any atom is -0.303 e. The number of carbonyl (C=O) groups is 1. The Balaban J connectivity index is 1.80. The summed E-state index contributed by atoms with van der Waals surface area (Å²) in [6.07, 6.45) is 5.80. The predicted molar refractivity (Wildman–Crippen MR) is 74.8 cm³/mol. The molecule has 1 heterocycles. The lowest BCUT2D eigenvalue weighted by molar-refractivity contribution is -0.116. The minimum atomic E-state index is 0.232. The highest BCUT2D eigenvalue weighted by Crippen LogP contribution is 2.11. The molecule has 0 bridgehead atoms. The van der Waals surface area contributed by atoms with Crippen LogP contribution in [0.2, 0.25) is 0 Å². The van der Waals surface area contributed by atoms with E-state index >= 15 is 0 Å². The SMILES string of the molecule is CC(=O)Cc1ccc(CCN2CCCCC2)cc1. The molecule has 0 aliphatic carbocycles. The molecule has 0 spiro atoms. The van der Waals surface area contributed by atoms with Crippen molar-refractivity contribution in [2.45, 2.75) is 39.0 Å². The Bertz CT molecular complexity index is 377. The Morgan fingerprint density at radius 2 is 1.67 bits per heavy atom. The zero-order valence-electron chi connectivity index (χ0n) is 11.3. The van der Waals surface area contributed by atoms with Crippen molar-refractivity contribution in [2.75, 3.05) is 19.6 Å². The first-order valence-electron chi connectivity index (χ1n) is 7.03. The first-order valence-corrected chi connectivity index (χ1v) is 7.03. The van der Waals surface area contributed by atoms with Crippen LogP contribution in [-0.2, 0) is 17.6 Å². The number of Topliss-reactive ketones (excluding diaryl/α,β-unsaturated/α-hetero) is 1. The summed E-state index contributed by atoms with van der Waals surface area (Å²) in [5.74, 6) is 0.232. The standard InChI is InChI=1S/C16H23NO/c1-14(18)13-16-7-5-15(6-8-16)9-12-17-10-3-2-4-11-17/h5-8H,2-4,9-13H2,1H3. The van der Waals surface area contributed by atoms with Crippen LogP contribution in [0.3, 0.4) is 0 Å². The molecule has 0 amide bonds. The second-order valence-corrected chi connectivity index (χ2v) is 5.35. The maximum Gasteiger partial charge on any atom is 0.134 e. The topological polar surface area (TPSA) is 20.3 Å². The van der Waals surface area contributed by atoms with Crippen molar-refractivity contribution >= 4 is 5.78 Å². The van der Waals surface area contributed by atoms with E-state index in [1.165, 1.54) is 44.5 Å². The molecule has 0 radical (unpaired) electrons. The van der Waals surface area contributed by atoms with Gasteiger partial charge in [0.15, 0.2) is 0 Å². The van der Waals surface area contributed by atoms with E-state index in [9.17, 15) is 4.79 Å². The molecule has 0 N–H and O–H groups in total. The molecular weight excluding hydrogens is 222 g/mol. The Labute approximate surface area is 110 Å². The third-order valence-corrected chi connectivity index (χ3v) is 3.64. The van der Waals surface area contributed by atoms with Gasteiger partial charge in [0.1, 0.15) is 5.78 Å². The van der Waals surface area contributed by atoms with Gasteiger partial charge in [-0.25, -0.2) is 0 Å². The first kappa shape index (κ1) is 13.3. The maximum atomic E-state index is 11.0. The van der Waals surface area contributed by atoms with Crippen LogP contribution in [0.25, 0.3) is 0 Å². The number of nitrogens with zero attached hydrogens (tertiary/aromatic N) is 1. The molecule has 18 heavy (non-hydrogen) atoms. The highest BCUT2D eigenvalue weighted by molar-refractivity contribution is 5.78. The lowest BCUT2D eigenvalue weighted by Gasteiger charge is -2.26. The van der Waals surface area contributed by atoms with E-state index in [0.29, 0.717) is 6.42 Å². The average Bonchev–Trinajstić information content (AvgIpc) is 2.38. The van der Waals surface area contributed by atoms with Crippen LogP contribution in [0.15, 0.2) is 24.3 Å². The van der Waals surface area contributed by atoms with Crippen molar-refractivity contribution in [3.05, 3.63) is 35.4 Å². The van der Waals surface area contributed by atoms with Crippen LogP contribution in [0, 0.1) is 0 Å². The van der Waals surface area contributed by atoms with E-state index in [-0.39, 0.29) is 5.78 Å². The molecular formula is C16H23NO. The second kappa shape index (κ2) is 6.69. The lowest BCUT2D eigenvalue weighted by atomic mass is 10.0. The monoisotopic (exact) mass is 245 g/mol. The Morgan fingerprint density at radius 3 is 2.28 bits per heavy atom. The Kier molecular flexibility index (Phi) is 4.94. The van der Waals surface area contributed by atoms with Gasteiger partial charge >= 0.3 is 0 Å². The van der Waals surface area contributed by atoms with Crippen molar-refractivity contribution in [1.29, 1.82) is 0 Å². The van der Waals surface area contributed by atoms with Gasteiger partial charge in [0.25, 0.3) is 0 Å².